The van der Waals surface area contributed by atoms with E-state index in [1.54, 1.807) is 0 Å². The summed E-state index contributed by atoms with van der Waals surface area (Å²) in [5, 5.41) is 2.33. The topological polar surface area (TPSA) is 0 Å². The lowest BCUT2D eigenvalue weighted by molar-refractivity contribution is 1.33. The van der Waals surface area contributed by atoms with Crippen LogP contribution in [-0.4, -0.2) is 0 Å². The predicted octanol–water partition coefficient (Wildman–Crippen LogP) is 2.85. The molecule has 0 aliphatic carbocycles. The smallest absolute Gasteiger partial charge is 0.0155 e. The van der Waals surface area contributed by atoms with E-state index in [0.29, 0.717) is 0 Å². The molecule has 2 aromatic carbocycles. The van der Waals surface area contributed by atoms with Gasteiger partial charge in [-0.15, -0.1) is 0 Å². The third-order valence-electron chi connectivity index (χ3n) is 3.25. The Morgan fingerprint density at radius 1 is 0.824 bits per heavy atom. The molecule has 0 unspecified atom stereocenters. The SMILES string of the molecule is C=c1cccc(C)/c1=C\c1c(C)cccc1C. The molecule has 0 saturated heterocycles. The summed E-state index contributed by atoms with van der Waals surface area (Å²) in [6, 6.07) is 12.7. The molecule has 0 atom stereocenters. The molecule has 0 heterocycles. The number of benzene rings is 2. The van der Waals surface area contributed by atoms with Crippen molar-refractivity contribution < 1.29 is 0 Å². The third kappa shape index (κ3) is 2.31. The van der Waals surface area contributed by atoms with E-state index < -0.39 is 0 Å². The Morgan fingerprint density at radius 3 is 1.94 bits per heavy atom. The Balaban J connectivity index is 2.77. The number of rotatable bonds is 1. The van der Waals surface area contributed by atoms with Crippen LogP contribution in [0.4, 0.5) is 0 Å². The van der Waals surface area contributed by atoms with Gasteiger partial charge < -0.3 is 0 Å². The van der Waals surface area contributed by atoms with Crippen molar-refractivity contribution in [2.45, 2.75) is 20.8 Å². The molecule has 0 fully saturated rings. The van der Waals surface area contributed by atoms with Gasteiger partial charge in [-0.1, -0.05) is 43.0 Å². The van der Waals surface area contributed by atoms with Gasteiger partial charge in [0.2, 0.25) is 0 Å². The standard InChI is InChI=1S/C17H18/c1-12-7-5-8-13(2)16(12)11-17-14(3)9-6-10-15(17)4/h5-11H,1H2,2-4H3/b16-11-. The first-order valence-corrected chi connectivity index (χ1v) is 5.92. The summed E-state index contributed by atoms with van der Waals surface area (Å²) in [5.74, 6) is 0. The van der Waals surface area contributed by atoms with E-state index in [4.69, 9.17) is 0 Å². The normalized spacial score (nSPS) is 11.8. The second kappa shape index (κ2) is 4.58. The number of hydrogen-bond donors (Lipinski definition) is 0. The molecule has 0 spiro atoms. The van der Waals surface area contributed by atoms with Gasteiger partial charge in [-0.2, -0.15) is 0 Å². The van der Waals surface area contributed by atoms with Gasteiger partial charge in [-0.25, -0.2) is 0 Å². The molecular formula is C17H18. The predicted molar refractivity (Wildman–Crippen MR) is 75.4 cm³/mol. The van der Waals surface area contributed by atoms with Crippen molar-refractivity contribution >= 4 is 12.7 Å². The zero-order chi connectivity index (χ0) is 12.4. The van der Waals surface area contributed by atoms with Crippen LogP contribution in [0.3, 0.4) is 0 Å². The molecular weight excluding hydrogens is 204 g/mol. The average Bonchev–Trinajstić information content (AvgIpc) is 2.27. The monoisotopic (exact) mass is 222 g/mol. The molecule has 0 radical (unpaired) electrons. The lowest BCUT2D eigenvalue weighted by Gasteiger charge is -2.05. The van der Waals surface area contributed by atoms with Crippen LogP contribution in [-0.2, 0) is 0 Å². The van der Waals surface area contributed by atoms with Crippen LogP contribution in [0.2, 0.25) is 0 Å². The fourth-order valence-corrected chi connectivity index (χ4v) is 2.15. The van der Waals surface area contributed by atoms with E-state index in [0.717, 1.165) is 5.22 Å². The highest BCUT2D eigenvalue weighted by molar-refractivity contribution is 5.58. The fraction of sp³-hybridized carbons (Fsp3) is 0.176. The molecule has 0 bridgehead atoms. The lowest BCUT2D eigenvalue weighted by atomic mass is 10.0. The van der Waals surface area contributed by atoms with Crippen LogP contribution < -0.4 is 10.4 Å². The van der Waals surface area contributed by atoms with Gasteiger partial charge >= 0.3 is 0 Å². The molecule has 2 aromatic rings. The summed E-state index contributed by atoms with van der Waals surface area (Å²) in [5.41, 5.74) is 5.21. The van der Waals surface area contributed by atoms with Crippen LogP contribution in [0.15, 0.2) is 36.4 Å². The van der Waals surface area contributed by atoms with Gasteiger partial charge in [0, 0.05) is 0 Å². The highest BCUT2D eigenvalue weighted by Crippen LogP contribution is 2.13. The summed E-state index contributed by atoms with van der Waals surface area (Å²) in [4.78, 5) is 0. The Morgan fingerprint density at radius 2 is 1.35 bits per heavy atom. The third-order valence-corrected chi connectivity index (χ3v) is 3.25. The average molecular weight is 222 g/mol. The Hall–Kier alpha value is -1.82. The molecule has 17 heavy (non-hydrogen) atoms. The van der Waals surface area contributed by atoms with E-state index >= 15 is 0 Å². The van der Waals surface area contributed by atoms with Crippen molar-refractivity contribution in [3.05, 3.63) is 69.1 Å². The van der Waals surface area contributed by atoms with E-state index in [-0.39, 0.29) is 0 Å². The van der Waals surface area contributed by atoms with Crippen LogP contribution in [0.1, 0.15) is 22.3 Å². The van der Waals surface area contributed by atoms with Gasteiger partial charge in [0.15, 0.2) is 0 Å². The van der Waals surface area contributed by atoms with Crippen molar-refractivity contribution in [2.24, 2.45) is 0 Å². The van der Waals surface area contributed by atoms with Crippen molar-refractivity contribution in [2.75, 3.05) is 0 Å². The maximum absolute atomic E-state index is 4.11. The van der Waals surface area contributed by atoms with Crippen LogP contribution in [0.5, 0.6) is 0 Å². The molecule has 0 nitrogen and oxygen atoms in total. The summed E-state index contributed by atoms with van der Waals surface area (Å²) >= 11 is 0. The zero-order valence-corrected chi connectivity index (χ0v) is 10.7. The first kappa shape index (κ1) is 11.7. The van der Waals surface area contributed by atoms with Crippen LogP contribution in [0.25, 0.3) is 12.7 Å². The minimum absolute atomic E-state index is 1.09. The highest BCUT2D eigenvalue weighted by Gasteiger charge is 1.98. The van der Waals surface area contributed by atoms with Gasteiger partial charge in [-0.3, -0.25) is 0 Å². The maximum Gasteiger partial charge on any atom is -0.0155 e. The Labute approximate surface area is 103 Å². The molecule has 0 N–H and O–H groups in total. The Kier molecular flexibility index (Phi) is 3.14. The number of aryl methyl sites for hydroxylation is 3. The second-order valence-corrected chi connectivity index (χ2v) is 4.60. The molecule has 0 aliphatic rings. The number of hydrogen-bond acceptors (Lipinski definition) is 0. The van der Waals surface area contributed by atoms with E-state index in [1.165, 1.54) is 27.5 Å². The first-order valence-electron chi connectivity index (χ1n) is 5.92. The van der Waals surface area contributed by atoms with Gasteiger partial charge in [0.25, 0.3) is 0 Å². The van der Waals surface area contributed by atoms with Gasteiger partial charge in [0.05, 0.1) is 0 Å². The largest absolute Gasteiger partial charge is 0.0911 e. The second-order valence-electron chi connectivity index (χ2n) is 4.60. The van der Waals surface area contributed by atoms with Crippen molar-refractivity contribution in [3.63, 3.8) is 0 Å². The van der Waals surface area contributed by atoms with Crippen molar-refractivity contribution in [3.8, 4) is 0 Å². The Bertz CT molecular complexity index is 628. The maximum atomic E-state index is 4.11. The highest BCUT2D eigenvalue weighted by atomic mass is 14.0. The van der Waals surface area contributed by atoms with E-state index in [2.05, 4.69) is 69.8 Å². The molecule has 86 valence electrons. The lowest BCUT2D eigenvalue weighted by Crippen LogP contribution is -2.25. The molecule has 0 heteroatoms. The fourth-order valence-electron chi connectivity index (χ4n) is 2.15. The first-order chi connectivity index (χ1) is 8.09. The summed E-state index contributed by atoms with van der Waals surface area (Å²) < 4.78 is 0. The van der Waals surface area contributed by atoms with Gasteiger partial charge in [-0.05, 0) is 59.5 Å². The summed E-state index contributed by atoms with van der Waals surface area (Å²) in [7, 11) is 0. The zero-order valence-electron chi connectivity index (χ0n) is 10.7. The van der Waals surface area contributed by atoms with Crippen molar-refractivity contribution in [1.82, 2.24) is 0 Å². The van der Waals surface area contributed by atoms with Crippen molar-refractivity contribution in [1.29, 1.82) is 0 Å². The molecule has 0 aliphatic heterocycles. The molecule has 0 amide bonds. The molecule has 0 aromatic heterocycles. The quantitative estimate of drug-likeness (QED) is 0.696. The minimum Gasteiger partial charge on any atom is -0.0911 e. The molecule has 2 rings (SSSR count). The molecule has 0 saturated carbocycles. The minimum atomic E-state index is 1.09. The van der Waals surface area contributed by atoms with Gasteiger partial charge in [0.1, 0.15) is 0 Å². The van der Waals surface area contributed by atoms with Crippen LogP contribution in [0, 0.1) is 20.8 Å². The summed E-state index contributed by atoms with van der Waals surface area (Å²) in [6.45, 7) is 10.5. The van der Waals surface area contributed by atoms with E-state index in [1.807, 2.05) is 0 Å². The summed E-state index contributed by atoms with van der Waals surface area (Å²) in [6.07, 6.45) is 2.25. The van der Waals surface area contributed by atoms with E-state index in [9.17, 15) is 0 Å². The van der Waals surface area contributed by atoms with Crippen LogP contribution >= 0.6 is 0 Å².